The summed E-state index contributed by atoms with van der Waals surface area (Å²) in [6.07, 6.45) is -5.13. The van der Waals surface area contributed by atoms with Gasteiger partial charge in [-0.05, 0) is 26.0 Å². The van der Waals surface area contributed by atoms with Crippen molar-refractivity contribution in [3.8, 4) is 6.07 Å². The molecule has 1 aliphatic heterocycles. The molecule has 4 N–H and O–H groups in total. The molecule has 0 aromatic carbocycles. The standard InChI is InChI=1S/C15H17N5O6/c1-7(2)24-14(23)26-15(5-16)12(22)10(21)11(25-15)8-3-4-9-13(17)18-6-19-20(8)9/h3-4,6-7,10-12,21-22H,1-2H3,(H2,17,18,19)/t10-,11-,12-,15+/m0/s1. The van der Waals surface area contributed by atoms with E-state index in [1.165, 1.54) is 10.8 Å². The molecular formula is C15H17N5O6. The molecule has 11 heteroatoms. The molecule has 0 aliphatic carbocycles. The van der Waals surface area contributed by atoms with E-state index in [0.29, 0.717) is 11.2 Å². The van der Waals surface area contributed by atoms with Crippen LogP contribution >= 0.6 is 0 Å². The Morgan fingerprint density at radius 2 is 2.23 bits per heavy atom. The molecular weight excluding hydrogens is 346 g/mol. The van der Waals surface area contributed by atoms with Gasteiger partial charge in [0.15, 0.2) is 11.9 Å². The number of rotatable bonds is 3. The highest BCUT2D eigenvalue weighted by Gasteiger charge is 2.59. The Bertz CT molecular complexity index is 877. The number of hydrogen-bond acceptors (Lipinski definition) is 10. The second-order valence-corrected chi connectivity index (χ2v) is 5.97. The highest BCUT2D eigenvalue weighted by Crippen LogP contribution is 2.41. The molecule has 0 unspecified atom stereocenters. The predicted octanol–water partition coefficient (Wildman–Crippen LogP) is -0.114. The number of aromatic nitrogens is 3. The van der Waals surface area contributed by atoms with E-state index in [2.05, 4.69) is 10.1 Å². The van der Waals surface area contributed by atoms with E-state index < -0.39 is 36.4 Å². The van der Waals surface area contributed by atoms with Crippen LogP contribution in [0.3, 0.4) is 0 Å². The minimum Gasteiger partial charge on any atom is -0.431 e. The third-order valence-corrected chi connectivity index (χ3v) is 3.85. The summed E-state index contributed by atoms with van der Waals surface area (Å²) in [7, 11) is 0. The molecule has 0 saturated carbocycles. The Labute approximate surface area is 147 Å². The van der Waals surface area contributed by atoms with Crippen LogP contribution in [-0.4, -0.2) is 55.1 Å². The number of nitrogens with two attached hydrogens (primary N) is 1. The molecule has 0 amide bonds. The molecule has 1 fully saturated rings. The van der Waals surface area contributed by atoms with Gasteiger partial charge in [0.05, 0.1) is 11.8 Å². The fourth-order valence-corrected chi connectivity index (χ4v) is 2.68. The lowest BCUT2D eigenvalue weighted by Crippen LogP contribution is -2.46. The van der Waals surface area contributed by atoms with Crippen LogP contribution < -0.4 is 5.73 Å². The largest absolute Gasteiger partial charge is 0.511 e. The van der Waals surface area contributed by atoms with Gasteiger partial charge in [-0.1, -0.05) is 0 Å². The Morgan fingerprint density at radius 1 is 1.50 bits per heavy atom. The lowest BCUT2D eigenvalue weighted by molar-refractivity contribution is -0.201. The Morgan fingerprint density at radius 3 is 2.88 bits per heavy atom. The number of carbonyl (C=O) groups is 1. The van der Waals surface area contributed by atoms with Crippen molar-refractivity contribution in [2.75, 3.05) is 5.73 Å². The molecule has 2 aromatic heterocycles. The Kier molecular flexibility index (Phi) is 4.41. The molecule has 4 atom stereocenters. The number of nitrogens with zero attached hydrogens (tertiary/aromatic N) is 4. The SMILES string of the molecule is CC(C)OC(=O)O[C@@]1(C#N)O[C@@H](c2ccc3c(N)ncnn23)[C@H](O)[C@@H]1O. The average molecular weight is 363 g/mol. The van der Waals surface area contributed by atoms with Crippen molar-refractivity contribution in [3.63, 3.8) is 0 Å². The van der Waals surface area contributed by atoms with E-state index in [-0.39, 0.29) is 5.82 Å². The fourth-order valence-electron chi connectivity index (χ4n) is 2.68. The molecule has 1 aliphatic rings. The molecule has 0 radical (unpaired) electrons. The summed E-state index contributed by atoms with van der Waals surface area (Å²) < 4.78 is 16.5. The van der Waals surface area contributed by atoms with Gasteiger partial charge < -0.3 is 30.2 Å². The van der Waals surface area contributed by atoms with E-state index in [0.717, 1.165) is 0 Å². The van der Waals surface area contributed by atoms with Crippen LogP contribution in [0, 0.1) is 11.3 Å². The van der Waals surface area contributed by atoms with E-state index in [9.17, 15) is 20.3 Å². The lowest BCUT2D eigenvalue weighted by atomic mass is 10.0. The smallest absolute Gasteiger partial charge is 0.431 e. The zero-order valence-electron chi connectivity index (χ0n) is 13.9. The van der Waals surface area contributed by atoms with Crippen LogP contribution in [0.4, 0.5) is 10.6 Å². The molecule has 0 bridgehead atoms. The first-order chi connectivity index (χ1) is 12.3. The molecule has 3 heterocycles. The molecule has 2 aromatic rings. The zero-order valence-corrected chi connectivity index (χ0v) is 13.9. The normalized spacial score (nSPS) is 28.2. The number of anilines is 1. The summed E-state index contributed by atoms with van der Waals surface area (Å²) in [5.74, 6) is -2.23. The van der Waals surface area contributed by atoms with E-state index in [1.54, 1.807) is 32.0 Å². The summed E-state index contributed by atoms with van der Waals surface area (Å²) in [5.41, 5.74) is 6.50. The second kappa shape index (κ2) is 6.41. The quantitative estimate of drug-likeness (QED) is 0.626. The number of fused-ring (bicyclic) bond motifs is 1. The van der Waals surface area contributed by atoms with Crippen LogP contribution in [0.5, 0.6) is 0 Å². The number of nitrogen functional groups attached to an aromatic ring is 1. The van der Waals surface area contributed by atoms with Gasteiger partial charge in [0.25, 0.3) is 0 Å². The zero-order chi connectivity index (χ0) is 19.1. The van der Waals surface area contributed by atoms with Gasteiger partial charge in [0.1, 0.15) is 30.1 Å². The van der Waals surface area contributed by atoms with E-state index in [1.807, 2.05) is 0 Å². The lowest BCUT2D eigenvalue weighted by Gasteiger charge is -2.24. The highest BCUT2D eigenvalue weighted by atomic mass is 16.8. The fraction of sp³-hybridized carbons (Fsp3) is 0.467. The van der Waals surface area contributed by atoms with E-state index in [4.69, 9.17) is 19.9 Å². The first-order valence-corrected chi connectivity index (χ1v) is 7.72. The third kappa shape index (κ3) is 2.80. The summed E-state index contributed by atoms with van der Waals surface area (Å²) >= 11 is 0. The number of aliphatic hydroxyl groups excluding tert-OH is 2. The van der Waals surface area contributed by atoms with Crippen molar-refractivity contribution >= 4 is 17.5 Å². The number of carbonyl (C=O) groups excluding carboxylic acids is 1. The van der Waals surface area contributed by atoms with Crippen molar-refractivity contribution in [2.45, 2.75) is 44.1 Å². The maximum Gasteiger partial charge on any atom is 0.511 e. The molecule has 138 valence electrons. The topological polar surface area (TPSA) is 165 Å². The maximum atomic E-state index is 11.8. The predicted molar refractivity (Wildman–Crippen MR) is 84.3 cm³/mol. The summed E-state index contributed by atoms with van der Waals surface area (Å²) in [6.45, 7) is 3.17. The molecule has 26 heavy (non-hydrogen) atoms. The summed E-state index contributed by atoms with van der Waals surface area (Å²) in [6, 6.07) is 4.72. The molecule has 3 rings (SSSR count). The van der Waals surface area contributed by atoms with Crippen molar-refractivity contribution in [1.29, 1.82) is 5.26 Å². The minimum absolute atomic E-state index is 0.197. The van der Waals surface area contributed by atoms with Gasteiger partial charge in [-0.15, -0.1) is 0 Å². The van der Waals surface area contributed by atoms with Crippen molar-refractivity contribution in [3.05, 3.63) is 24.2 Å². The van der Waals surface area contributed by atoms with Gasteiger partial charge in [0, 0.05) is 0 Å². The van der Waals surface area contributed by atoms with E-state index >= 15 is 0 Å². The molecule has 11 nitrogen and oxygen atoms in total. The highest BCUT2D eigenvalue weighted by molar-refractivity contribution is 5.65. The van der Waals surface area contributed by atoms with Gasteiger partial charge in [-0.3, -0.25) is 0 Å². The van der Waals surface area contributed by atoms with Crippen molar-refractivity contribution < 1.29 is 29.2 Å². The van der Waals surface area contributed by atoms with Gasteiger partial charge >= 0.3 is 11.9 Å². The van der Waals surface area contributed by atoms with Crippen molar-refractivity contribution in [2.24, 2.45) is 0 Å². The van der Waals surface area contributed by atoms with Gasteiger partial charge in [-0.25, -0.2) is 14.3 Å². The Balaban J connectivity index is 1.94. The van der Waals surface area contributed by atoms with Crippen molar-refractivity contribution in [1.82, 2.24) is 14.6 Å². The number of ether oxygens (including phenoxy) is 3. The van der Waals surface area contributed by atoms with Crippen LogP contribution in [0.25, 0.3) is 5.52 Å². The maximum absolute atomic E-state index is 11.8. The molecule has 1 saturated heterocycles. The van der Waals surface area contributed by atoms with Crippen LogP contribution in [0.1, 0.15) is 25.6 Å². The third-order valence-electron chi connectivity index (χ3n) is 3.85. The minimum atomic E-state index is -2.43. The average Bonchev–Trinajstić information content (AvgIpc) is 3.10. The first kappa shape index (κ1) is 17.9. The van der Waals surface area contributed by atoms with Gasteiger partial charge in [-0.2, -0.15) is 10.4 Å². The number of nitriles is 1. The Hall–Kier alpha value is -2.94. The summed E-state index contributed by atoms with van der Waals surface area (Å²) in [5, 5.41) is 34.1. The monoisotopic (exact) mass is 363 g/mol. The number of aliphatic hydroxyl groups is 2. The first-order valence-electron chi connectivity index (χ1n) is 7.72. The van der Waals surface area contributed by atoms with Crippen LogP contribution in [0.2, 0.25) is 0 Å². The molecule has 0 spiro atoms. The van der Waals surface area contributed by atoms with Gasteiger partial charge in [0.2, 0.25) is 0 Å². The van der Waals surface area contributed by atoms with Crippen LogP contribution in [0.15, 0.2) is 18.5 Å². The van der Waals surface area contributed by atoms with Crippen LogP contribution in [-0.2, 0) is 14.2 Å². The second-order valence-electron chi connectivity index (χ2n) is 5.97. The summed E-state index contributed by atoms with van der Waals surface area (Å²) in [4.78, 5) is 15.6. The number of hydrogen-bond donors (Lipinski definition) is 3.